The zero-order valence-corrected chi connectivity index (χ0v) is 12.6. The monoisotopic (exact) mass is 372 g/mol. The fourth-order valence-electron chi connectivity index (χ4n) is 1.90. The van der Waals surface area contributed by atoms with Crippen LogP contribution in [0.4, 0.5) is 4.39 Å². The number of aliphatic hydroxyl groups is 1. The third kappa shape index (κ3) is 3.67. The second-order valence-electron chi connectivity index (χ2n) is 4.24. The van der Waals surface area contributed by atoms with Gasteiger partial charge in [-0.15, -0.1) is 0 Å². The molecule has 1 unspecified atom stereocenters. The minimum Gasteiger partial charge on any atom is -0.497 e. The average Bonchev–Trinajstić information content (AvgIpc) is 2.38. The molecule has 4 heteroatoms. The number of aliphatic hydroxyl groups excluding tert-OH is 1. The lowest BCUT2D eigenvalue weighted by Crippen LogP contribution is -2.04. The van der Waals surface area contributed by atoms with Gasteiger partial charge < -0.3 is 9.84 Å². The smallest absolute Gasteiger partial charge is 0.124 e. The molecule has 0 heterocycles. The van der Waals surface area contributed by atoms with E-state index in [1.165, 1.54) is 12.1 Å². The van der Waals surface area contributed by atoms with Crippen LogP contribution < -0.4 is 4.74 Å². The second kappa shape index (κ2) is 6.34. The van der Waals surface area contributed by atoms with E-state index in [4.69, 9.17) is 4.74 Å². The first kappa shape index (κ1) is 14.3. The second-order valence-corrected chi connectivity index (χ2v) is 5.40. The van der Waals surface area contributed by atoms with Gasteiger partial charge in [0.25, 0.3) is 0 Å². The number of halogens is 2. The van der Waals surface area contributed by atoms with E-state index in [-0.39, 0.29) is 5.82 Å². The van der Waals surface area contributed by atoms with Gasteiger partial charge in [0.05, 0.1) is 13.2 Å². The molecule has 0 radical (unpaired) electrons. The van der Waals surface area contributed by atoms with E-state index in [0.29, 0.717) is 6.42 Å². The van der Waals surface area contributed by atoms with E-state index < -0.39 is 6.10 Å². The molecule has 0 bridgehead atoms. The van der Waals surface area contributed by atoms with Crippen molar-refractivity contribution in [1.29, 1.82) is 0 Å². The summed E-state index contributed by atoms with van der Waals surface area (Å²) >= 11 is 2.03. The van der Waals surface area contributed by atoms with Crippen molar-refractivity contribution < 1.29 is 14.2 Å². The van der Waals surface area contributed by atoms with Crippen LogP contribution in [0.2, 0.25) is 0 Å². The van der Waals surface area contributed by atoms with E-state index in [1.807, 2.05) is 46.9 Å². The van der Waals surface area contributed by atoms with Gasteiger partial charge in [0.1, 0.15) is 11.6 Å². The van der Waals surface area contributed by atoms with Crippen molar-refractivity contribution in [3.8, 4) is 5.75 Å². The summed E-state index contributed by atoms with van der Waals surface area (Å²) in [4.78, 5) is 0. The Morgan fingerprint density at radius 1 is 1.26 bits per heavy atom. The summed E-state index contributed by atoms with van der Waals surface area (Å²) in [5.41, 5.74) is 1.72. The van der Waals surface area contributed by atoms with Crippen molar-refractivity contribution >= 4 is 22.6 Å². The van der Waals surface area contributed by atoms with Gasteiger partial charge in [-0.25, -0.2) is 4.39 Å². The highest BCUT2D eigenvalue weighted by molar-refractivity contribution is 14.1. The molecule has 0 aliphatic carbocycles. The van der Waals surface area contributed by atoms with Gasteiger partial charge in [0.15, 0.2) is 0 Å². The molecule has 19 heavy (non-hydrogen) atoms. The lowest BCUT2D eigenvalue weighted by molar-refractivity contribution is 0.177. The lowest BCUT2D eigenvalue weighted by atomic mass is 10.0. The molecule has 100 valence electrons. The quantitative estimate of drug-likeness (QED) is 0.830. The summed E-state index contributed by atoms with van der Waals surface area (Å²) < 4.78 is 18.9. The Kier molecular flexibility index (Phi) is 4.76. The summed E-state index contributed by atoms with van der Waals surface area (Å²) in [7, 11) is 1.61. The van der Waals surface area contributed by atoms with Crippen LogP contribution in [-0.2, 0) is 6.42 Å². The fourth-order valence-corrected chi connectivity index (χ4v) is 2.74. The molecule has 0 aliphatic rings. The van der Waals surface area contributed by atoms with Crippen molar-refractivity contribution in [1.82, 2.24) is 0 Å². The third-order valence-corrected chi connectivity index (χ3v) is 3.82. The molecule has 0 aromatic heterocycles. The van der Waals surface area contributed by atoms with Gasteiger partial charge in [-0.3, -0.25) is 0 Å². The molecule has 0 fully saturated rings. The molecule has 2 aromatic rings. The molecule has 0 amide bonds. The van der Waals surface area contributed by atoms with Gasteiger partial charge in [-0.1, -0.05) is 18.2 Å². The Labute approximate surface area is 125 Å². The molecule has 1 N–H and O–H groups in total. The van der Waals surface area contributed by atoms with E-state index in [9.17, 15) is 9.50 Å². The highest BCUT2D eigenvalue weighted by Gasteiger charge is 2.13. The van der Waals surface area contributed by atoms with Crippen LogP contribution in [0, 0.1) is 9.39 Å². The minimum absolute atomic E-state index is 0.290. The first-order chi connectivity index (χ1) is 9.10. The number of hydrogen-bond acceptors (Lipinski definition) is 2. The zero-order valence-electron chi connectivity index (χ0n) is 10.4. The lowest BCUT2D eigenvalue weighted by Gasteiger charge is -2.13. The van der Waals surface area contributed by atoms with Gasteiger partial charge >= 0.3 is 0 Å². The molecule has 0 aliphatic heterocycles. The Balaban J connectivity index is 2.17. The average molecular weight is 372 g/mol. The van der Waals surface area contributed by atoms with Crippen molar-refractivity contribution in [2.45, 2.75) is 12.5 Å². The summed E-state index contributed by atoms with van der Waals surface area (Å²) in [5.74, 6) is 0.472. The Hall–Kier alpha value is -1.14. The molecule has 2 nitrogen and oxygen atoms in total. The van der Waals surface area contributed by atoms with Crippen molar-refractivity contribution in [3.63, 3.8) is 0 Å². The number of benzene rings is 2. The first-order valence-corrected chi connectivity index (χ1v) is 6.94. The molecule has 2 aromatic carbocycles. The summed E-state index contributed by atoms with van der Waals surface area (Å²) in [6.07, 6.45) is -0.182. The van der Waals surface area contributed by atoms with E-state index in [0.717, 1.165) is 20.4 Å². The van der Waals surface area contributed by atoms with Crippen LogP contribution in [0.15, 0.2) is 42.5 Å². The molecule has 2 rings (SSSR count). The number of ether oxygens (including phenoxy) is 1. The van der Waals surface area contributed by atoms with Gasteiger partial charge in [-0.2, -0.15) is 0 Å². The standard InChI is InChI=1S/C15H14FIO2/c1-19-12-4-2-3-10(7-12)8-15(18)13-6-5-11(16)9-14(13)17/h2-7,9,15,18H,8H2,1H3. The molecule has 0 spiro atoms. The van der Waals surface area contributed by atoms with E-state index >= 15 is 0 Å². The molecular weight excluding hydrogens is 358 g/mol. The number of methoxy groups -OCH3 is 1. The predicted molar refractivity (Wildman–Crippen MR) is 80.8 cm³/mol. The molecule has 0 saturated heterocycles. The van der Waals surface area contributed by atoms with Crippen LogP contribution in [0.3, 0.4) is 0 Å². The molecular formula is C15H14FIO2. The van der Waals surface area contributed by atoms with Gasteiger partial charge in [-0.05, 0) is 58.0 Å². The maximum absolute atomic E-state index is 13.0. The van der Waals surface area contributed by atoms with Crippen LogP contribution in [0.1, 0.15) is 17.2 Å². The van der Waals surface area contributed by atoms with Crippen molar-refractivity contribution in [2.75, 3.05) is 7.11 Å². The maximum Gasteiger partial charge on any atom is 0.124 e. The maximum atomic E-state index is 13.0. The van der Waals surface area contributed by atoms with E-state index in [2.05, 4.69) is 0 Å². The third-order valence-electron chi connectivity index (χ3n) is 2.88. The normalized spacial score (nSPS) is 12.2. The van der Waals surface area contributed by atoms with Gasteiger partial charge in [0, 0.05) is 9.99 Å². The zero-order chi connectivity index (χ0) is 13.8. The largest absolute Gasteiger partial charge is 0.497 e. The first-order valence-electron chi connectivity index (χ1n) is 5.86. The summed E-state index contributed by atoms with van der Waals surface area (Å²) in [6.45, 7) is 0. The van der Waals surface area contributed by atoms with Crippen LogP contribution >= 0.6 is 22.6 Å². The SMILES string of the molecule is COc1cccc(CC(O)c2ccc(F)cc2I)c1. The number of rotatable bonds is 4. The topological polar surface area (TPSA) is 29.5 Å². The van der Waals surface area contributed by atoms with Crippen LogP contribution in [0.5, 0.6) is 5.75 Å². The number of hydrogen-bond donors (Lipinski definition) is 1. The Morgan fingerprint density at radius 3 is 2.74 bits per heavy atom. The Bertz CT molecular complexity index is 572. The van der Waals surface area contributed by atoms with E-state index in [1.54, 1.807) is 13.2 Å². The Morgan fingerprint density at radius 2 is 2.05 bits per heavy atom. The van der Waals surface area contributed by atoms with Gasteiger partial charge in [0.2, 0.25) is 0 Å². The highest BCUT2D eigenvalue weighted by atomic mass is 127. The summed E-state index contributed by atoms with van der Waals surface area (Å²) in [6, 6.07) is 12.0. The van der Waals surface area contributed by atoms with Crippen molar-refractivity contribution in [3.05, 3.63) is 63.0 Å². The highest BCUT2D eigenvalue weighted by Crippen LogP contribution is 2.25. The molecule has 0 saturated carbocycles. The van der Waals surface area contributed by atoms with Crippen molar-refractivity contribution in [2.24, 2.45) is 0 Å². The predicted octanol–water partition coefficient (Wildman–Crippen LogP) is 3.72. The summed E-state index contributed by atoms with van der Waals surface area (Å²) in [5, 5.41) is 10.2. The minimum atomic E-state index is -0.653. The van der Waals surface area contributed by atoms with Crippen LogP contribution in [0.25, 0.3) is 0 Å². The fraction of sp³-hybridized carbons (Fsp3) is 0.200. The molecule has 1 atom stereocenters. The van der Waals surface area contributed by atoms with Crippen LogP contribution in [-0.4, -0.2) is 12.2 Å².